The van der Waals surface area contributed by atoms with Gasteiger partial charge in [-0.3, -0.25) is 0 Å². The van der Waals surface area contributed by atoms with Gasteiger partial charge in [-0.2, -0.15) is 0 Å². The minimum Gasteiger partial charge on any atom is -0.447 e. The third kappa shape index (κ3) is 3.90. The van der Waals surface area contributed by atoms with Crippen molar-refractivity contribution >= 4 is 6.09 Å². The van der Waals surface area contributed by atoms with Crippen LogP contribution in [0.5, 0.6) is 0 Å². The molecule has 1 aromatic carbocycles. The number of nitrogens with zero attached hydrogens (tertiary/aromatic N) is 1. The maximum absolute atomic E-state index is 11.4. The number of aliphatic hydroxyl groups excluding tert-OH is 1. The second kappa shape index (κ2) is 6.12. The lowest BCUT2D eigenvalue weighted by Crippen LogP contribution is -2.27. The first-order valence-corrected chi connectivity index (χ1v) is 5.18. The molecule has 1 rings (SSSR count). The van der Waals surface area contributed by atoms with E-state index in [1.54, 1.807) is 7.05 Å². The van der Waals surface area contributed by atoms with E-state index in [0.29, 0.717) is 6.54 Å². The number of ether oxygens (including phenoxy) is 1. The molecule has 0 aromatic heterocycles. The van der Waals surface area contributed by atoms with E-state index in [9.17, 15) is 4.79 Å². The summed E-state index contributed by atoms with van der Waals surface area (Å²) >= 11 is 0. The third-order valence-electron chi connectivity index (χ3n) is 2.13. The standard InChI is InChI=1S/C12H17NO3/c1-10-4-3-5-11(8-10)9-13(2)12(15)16-7-6-14/h3-5,8,14H,6-7,9H2,1-2H3. The maximum atomic E-state index is 11.4. The zero-order valence-corrected chi connectivity index (χ0v) is 9.64. The Morgan fingerprint density at radius 2 is 2.25 bits per heavy atom. The molecule has 0 heterocycles. The molecule has 1 aromatic rings. The van der Waals surface area contributed by atoms with E-state index in [0.717, 1.165) is 11.1 Å². The van der Waals surface area contributed by atoms with Crippen molar-refractivity contribution in [1.82, 2.24) is 4.90 Å². The van der Waals surface area contributed by atoms with Gasteiger partial charge in [-0.1, -0.05) is 29.8 Å². The Labute approximate surface area is 95.5 Å². The Morgan fingerprint density at radius 3 is 2.88 bits per heavy atom. The molecule has 0 unspecified atom stereocenters. The lowest BCUT2D eigenvalue weighted by molar-refractivity contribution is 0.0894. The van der Waals surface area contributed by atoms with Gasteiger partial charge in [-0.05, 0) is 12.5 Å². The van der Waals surface area contributed by atoms with Crippen molar-refractivity contribution in [2.24, 2.45) is 0 Å². The Balaban J connectivity index is 2.50. The average Bonchev–Trinajstić information content (AvgIpc) is 2.25. The van der Waals surface area contributed by atoms with Gasteiger partial charge in [0.1, 0.15) is 6.61 Å². The van der Waals surface area contributed by atoms with Gasteiger partial charge in [0.2, 0.25) is 0 Å². The third-order valence-corrected chi connectivity index (χ3v) is 2.13. The maximum Gasteiger partial charge on any atom is 0.409 e. The SMILES string of the molecule is Cc1cccc(CN(C)C(=O)OCCO)c1. The van der Waals surface area contributed by atoms with Crippen LogP contribution in [0, 0.1) is 6.92 Å². The molecule has 16 heavy (non-hydrogen) atoms. The minimum atomic E-state index is -0.421. The number of aryl methyl sites for hydroxylation is 1. The molecule has 0 spiro atoms. The van der Waals surface area contributed by atoms with Crippen molar-refractivity contribution in [2.75, 3.05) is 20.3 Å². The number of amides is 1. The van der Waals surface area contributed by atoms with Crippen LogP contribution >= 0.6 is 0 Å². The molecular formula is C12H17NO3. The van der Waals surface area contributed by atoms with Gasteiger partial charge in [0, 0.05) is 13.6 Å². The lowest BCUT2D eigenvalue weighted by atomic mass is 10.1. The molecule has 0 saturated heterocycles. The number of hydrogen-bond acceptors (Lipinski definition) is 3. The fourth-order valence-electron chi connectivity index (χ4n) is 1.39. The second-order valence-electron chi connectivity index (χ2n) is 3.68. The molecule has 0 aliphatic heterocycles. The van der Waals surface area contributed by atoms with E-state index in [1.165, 1.54) is 4.90 Å². The molecule has 0 atom stereocenters. The highest BCUT2D eigenvalue weighted by Gasteiger charge is 2.09. The van der Waals surface area contributed by atoms with Gasteiger partial charge in [0.15, 0.2) is 0 Å². The van der Waals surface area contributed by atoms with Gasteiger partial charge < -0.3 is 14.7 Å². The molecule has 1 amide bonds. The number of carbonyl (C=O) groups is 1. The fraction of sp³-hybridized carbons (Fsp3) is 0.417. The van der Waals surface area contributed by atoms with Crippen molar-refractivity contribution < 1.29 is 14.6 Å². The highest BCUT2D eigenvalue weighted by Crippen LogP contribution is 2.07. The molecule has 0 aliphatic rings. The molecule has 0 bridgehead atoms. The first kappa shape index (κ1) is 12.5. The quantitative estimate of drug-likeness (QED) is 0.842. The number of aliphatic hydroxyl groups is 1. The van der Waals surface area contributed by atoms with Crippen LogP contribution in [0.25, 0.3) is 0 Å². The summed E-state index contributed by atoms with van der Waals surface area (Å²) in [5.74, 6) is 0. The van der Waals surface area contributed by atoms with Gasteiger partial charge in [-0.15, -0.1) is 0 Å². The van der Waals surface area contributed by atoms with Crippen molar-refractivity contribution in [1.29, 1.82) is 0 Å². The van der Waals surface area contributed by atoms with Crippen molar-refractivity contribution in [3.05, 3.63) is 35.4 Å². The van der Waals surface area contributed by atoms with Gasteiger partial charge in [0.25, 0.3) is 0 Å². The summed E-state index contributed by atoms with van der Waals surface area (Å²) in [5.41, 5.74) is 2.22. The lowest BCUT2D eigenvalue weighted by Gasteiger charge is -2.16. The van der Waals surface area contributed by atoms with Gasteiger partial charge in [-0.25, -0.2) is 4.79 Å². The Hall–Kier alpha value is -1.55. The highest BCUT2D eigenvalue weighted by atomic mass is 16.6. The summed E-state index contributed by atoms with van der Waals surface area (Å²) in [6, 6.07) is 7.95. The molecule has 1 N–H and O–H groups in total. The topological polar surface area (TPSA) is 49.8 Å². The first-order chi connectivity index (χ1) is 7.63. The zero-order chi connectivity index (χ0) is 12.0. The molecule has 88 valence electrons. The summed E-state index contributed by atoms with van der Waals surface area (Å²) in [6.07, 6.45) is -0.421. The molecule has 0 aliphatic carbocycles. The van der Waals surface area contributed by atoms with Crippen LogP contribution in [0.1, 0.15) is 11.1 Å². The van der Waals surface area contributed by atoms with Crippen LogP contribution in [0.2, 0.25) is 0 Å². The predicted molar refractivity (Wildman–Crippen MR) is 61.1 cm³/mol. The summed E-state index contributed by atoms with van der Waals surface area (Å²) < 4.78 is 4.79. The Morgan fingerprint density at radius 1 is 1.50 bits per heavy atom. The van der Waals surface area contributed by atoms with Crippen LogP contribution in [0.4, 0.5) is 4.79 Å². The molecule has 0 radical (unpaired) electrons. The Bertz CT molecular complexity index is 352. The molecule has 0 fully saturated rings. The van der Waals surface area contributed by atoms with Crippen LogP contribution in [0.15, 0.2) is 24.3 Å². The summed E-state index contributed by atoms with van der Waals surface area (Å²) in [7, 11) is 1.67. The highest BCUT2D eigenvalue weighted by molar-refractivity contribution is 5.67. The summed E-state index contributed by atoms with van der Waals surface area (Å²) in [6.45, 7) is 2.40. The van der Waals surface area contributed by atoms with Gasteiger partial charge >= 0.3 is 6.09 Å². The van der Waals surface area contributed by atoms with E-state index in [1.807, 2.05) is 31.2 Å². The smallest absolute Gasteiger partial charge is 0.409 e. The molecular weight excluding hydrogens is 206 g/mol. The van der Waals surface area contributed by atoms with E-state index >= 15 is 0 Å². The number of hydrogen-bond donors (Lipinski definition) is 1. The molecule has 4 nitrogen and oxygen atoms in total. The van der Waals surface area contributed by atoms with E-state index in [-0.39, 0.29) is 13.2 Å². The normalized spacial score (nSPS) is 9.94. The Kier molecular flexibility index (Phi) is 4.79. The van der Waals surface area contributed by atoms with E-state index < -0.39 is 6.09 Å². The summed E-state index contributed by atoms with van der Waals surface area (Å²) in [5, 5.41) is 8.53. The predicted octanol–water partition coefficient (Wildman–Crippen LogP) is 1.56. The van der Waals surface area contributed by atoms with Gasteiger partial charge in [0.05, 0.1) is 6.61 Å². The first-order valence-electron chi connectivity index (χ1n) is 5.18. The number of rotatable bonds is 4. The largest absolute Gasteiger partial charge is 0.447 e. The number of benzene rings is 1. The van der Waals surface area contributed by atoms with E-state index in [2.05, 4.69) is 0 Å². The van der Waals surface area contributed by atoms with Crippen molar-refractivity contribution in [2.45, 2.75) is 13.5 Å². The van der Waals surface area contributed by atoms with Crippen LogP contribution in [-0.4, -0.2) is 36.4 Å². The fourth-order valence-corrected chi connectivity index (χ4v) is 1.39. The van der Waals surface area contributed by atoms with Crippen molar-refractivity contribution in [3.63, 3.8) is 0 Å². The van der Waals surface area contributed by atoms with Crippen molar-refractivity contribution in [3.8, 4) is 0 Å². The average molecular weight is 223 g/mol. The van der Waals surface area contributed by atoms with Crippen LogP contribution < -0.4 is 0 Å². The summed E-state index contributed by atoms with van der Waals surface area (Å²) in [4.78, 5) is 12.9. The molecule has 0 saturated carbocycles. The zero-order valence-electron chi connectivity index (χ0n) is 9.64. The number of carbonyl (C=O) groups excluding carboxylic acids is 1. The van der Waals surface area contributed by atoms with E-state index in [4.69, 9.17) is 9.84 Å². The monoisotopic (exact) mass is 223 g/mol. The van der Waals surface area contributed by atoms with Crippen LogP contribution in [0.3, 0.4) is 0 Å². The second-order valence-corrected chi connectivity index (χ2v) is 3.68. The minimum absolute atomic E-state index is 0.0387. The molecule has 4 heteroatoms. The van der Waals surface area contributed by atoms with Crippen LogP contribution in [-0.2, 0) is 11.3 Å².